The van der Waals surface area contributed by atoms with Crippen molar-refractivity contribution in [3.63, 3.8) is 0 Å². The van der Waals surface area contributed by atoms with Crippen molar-refractivity contribution >= 4 is 23.5 Å². The zero-order chi connectivity index (χ0) is 21.6. The molecular formula is C19H22F2N4O4. The summed E-state index contributed by atoms with van der Waals surface area (Å²) in [6, 6.07) is 3.31. The molecule has 0 aliphatic heterocycles. The molecule has 0 aliphatic rings. The van der Waals surface area contributed by atoms with Crippen LogP contribution in [0.4, 0.5) is 20.3 Å². The lowest BCUT2D eigenvalue weighted by Gasteiger charge is -2.23. The molecule has 8 nitrogen and oxygen atoms in total. The van der Waals surface area contributed by atoms with Gasteiger partial charge in [0.2, 0.25) is 0 Å². The number of carbonyl (C=O) groups is 1. The fourth-order valence-corrected chi connectivity index (χ4v) is 2.71. The molecular weight excluding hydrogens is 386 g/mol. The van der Waals surface area contributed by atoms with E-state index in [4.69, 9.17) is 10.5 Å². The predicted molar refractivity (Wildman–Crippen MR) is 106 cm³/mol. The molecule has 1 amide bonds. The number of nitrogens with one attached hydrogen (secondary N) is 1. The van der Waals surface area contributed by atoms with Crippen LogP contribution in [-0.4, -0.2) is 35.7 Å². The highest BCUT2D eigenvalue weighted by molar-refractivity contribution is 6.05. The Hall–Kier alpha value is -3.27. The summed E-state index contributed by atoms with van der Waals surface area (Å²) in [5, 5.41) is 0. The van der Waals surface area contributed by atoms with Crippen molar-refractivity contribution in [3.05, 3.63) is 62.3 Å². The fourth-order valence-electron chi connectivity index (χ4n) is 2.71. The Morgan fingerprint density at radius 3 is 2.55 bits per heavy atom. The lowest BCUT2D eigenvalue weighted by Crippen LogP contribution is -2.42. The monoisotopic (exact) mass is 408 g/mol. The Kier molecular flexibility index (Phi) is 7.43. The molecule has 0 atom stereocenters. The normalized spacial score (nSPS) is 11.2. The summed E-state index contributed by atoms with van der Waals surface area (Å²) < 4.78 is 33.7. The molecule has 0 bridgehead atoms. The van der Waals surface area contributed by atoms with E-state index in [0.717, 1.165) is 33.8 Å². The van der Waals surface area contributed by atoms with Gasteiger partial charge < -0.3 is 10.5 Å². The number of nitrogens with zero attached hydrogens (tertiary/aromatic N) is 2. The molecule has 0 radical (unpaired) electrons. The van der Waals surface area contributed by atoms with E-state index in [-0.39, 0.29) is 31.2 Å². The van der Waals surface area contributed by atoms with Gasteiger partial charge in [0, 0.05) is 31.8 Å². The Bertz CT molecular complexity index is 1010. The van der Waals surface area contributed by atoms with E-state index in [1.165, 1.54) is 13.2 Å². The zero-order valence-corrected chi connectivity index (χ0v) is 16.1. The third-order valence-corrected chi connectivity index (χ3v) is 4.11. The molecule has 2 aromatic rings. The summed E-state index contributed by atoms with van der Waals surface area (Å²) in [6.45, 7) is 2.03. The van der Waals surface area contributed by atoms with Gasteiger partial charge in [-0.1, -0.05) is 13.0 Å². The van der Waals surface area contributed by atoms with Crippen molar-refractivity contribution < 1.29 is 18.3 Å². The van der Waals surface area contributed by atoms with Gasteiger partial charge in [0.15, 0.2) is 5.69 Å². The quantitative estimate of drug-likeness (QED) is 0.643. The number of methoxy groups -OCH3 is 1. The van der Waals surface area contributed by atoms with Crippen LogP contribution < -0.4 is 21.9 Å². The first-order chi connectivity index (χ1) is 13.8. The van der Waals surface area contributed by atoms with E-state index >= 15 is 0 Å². The Morgan fingerprint density at radius 2 is 1.97 bits per heavy atom. The van der Waals surface area contributed by atoms with Crippen molar-refractivity contribution in [3.8, 4) is 0 Å². The number of amides is 1. The van der Waals surface area contributed by atoms with Gasteiger partial charge in [0.1, 0.15) is 17.5 Å². The van der Waals surface area contributed by atoms with Crippen LogP contribution in [0, 0.1) is 11.6 Å². The minimum Gasteiger partial charge on any atom is -0.383 e. The topological polar surface area (TPSA) is 110 Å². The van der Waals surface area contributed by atoms with Gasteiger partial charge in [-0.05, 0) is 24.6 Å². The summed E-state index contributed by atoms with van der Waals surface area (Å²) in [5.74, 6) is -2.63. The number of hydrogen-bond acceptors (Lipinski definition) is 5. The van der Waals surface area contributed by atoms with E-state index in [9.17, 15) is 23.2 Å². The van der Waals surface area contributed by atoms with E-state index in [1.807, 2.05) is 6.92 Å². The smallest absolute Gasteiger partial charge is 0.330 e. The largest absolute Gasteiger partial charge is 0.383 e. The van der Waals surface area contributed by atoms with Gasteiger partial charge >= 0.3 is 5.69 Å². The van der Waals surface area contributed by atoms with Crippen molar-refractivity contribution in [1.82, 2.24) is 9.55 Å². The number of aromatic nitrogens is 2. The Morgan fingerprint density at radius 1 is 1.31 bits per heavy atom. The van der Waals surface area contributed by atoms with Crippen molar-refractivity contribution in [2.24, 2.45) is 0 Å². The average Bonchev–Trinajstić information content (AvgIpc) is 2.67. The standard InChI is InChI=1S/C19H22F2N4O4/c1-3-9-25-17(22)16(18(27)23-19(25)28)24(10-11-29-2)15(26)8-7-12-13(20)5-4-6-14(12)21/h4-8H,3,9-11,22H2,1-2H3,(H,23,27,28)/b8-7+. The van der Waals surface area contributed by atoms with Crippen LogP contribution in [0.2, 0.25) is 0 Å². The first kappa shape index (κ1) is 22.0. The second-order valence-corrected chi connectivity index (χ2v) is 6.10. The third kappa shape index (κ3) is 4.96. The molecule has 0 unspecified atom stereocenters. The van der Waals surface area contributed by atoms with Gasteiger partial charge in [0.05, 0.1) is 6.61 Å². The summed E-state index contributed by atoms with van der Waals surface area (Å²) in [7, 11) is 1.40. The highest BCUT2D eigenvalue weighted by atomic mass is 19.1. The zero-order valence-electron chi connectivity index (χ0n) is 16.1. The number of hydrogen-bond donors (Lipinski definition) is 2. The number of halogens is 2. The average molecular weight is 408 g/mol. The SMILES string of the molecule is CCCn1c(N)c(N(CCOC)C(=O)/C=C/c2c(F)cccc2F)c(=O)[nH]c1=O. The van der Waals surface area contributed by atoms with Crippen LogP contribution in [0.3, 0.4) is 0 Å². The summed E-state index contributed by atoms with van der Waals surface area (Å²) >= 11 is 0. The predicted octanol–water partition coefficient (Wildman–Crippen LogP) is 1.50. The molecule has 156 valence electrons. The third-order valence-electron chi connectivity index (χ3n) is 4.11. The number of nitrogens with two attached hydrogens (primary N) is 1. The maximum atomic E-state index is 13.8. The molecule has 0 spiro atoms. The number of carbonyl (C=O) groups excluding carboxylic acids is 1. The van der Waals surface area contributed by atoms with Crippen LogP contribution in [0.5, 0.6) is 0 Å². The number of anilines is 2. The van der Waals surface area contributed by atoms with Crippen molar-refractivity contribution in [2.45, 2.75) is 19.9 Å². The molecule has 3 N–H and O–H groups in total. The molecule has 1 heterocycles. The molecule has 0 saturated heterocycles. The van der Waals surface area contributed by atoms with Crippen LogP contribution in [0.1, 0.15) is 18.9 Å². The molecule has 10 heteroatoms. The highest BCUT2D eigenvalue weighted by Gasteiger charge is 2.22. The Balaban J connectivity index is 2.51. The minimum absolute atomic E-state index is 0.0550. The maximum Gasteiger partial charge on any atom is 0.330 e. The van der Waals surface area contributed by atoms with Gasteiger partial charge in [-0.3, -0.25) is 24.0 Å². The highest BCUT2D eigenvalue weighted by Crippen LogP contribution is 2.19. The number of nitrogen functional groups attached to an aromatic ring is 1. The van der Waals surface area contributed by atoms with Crippen LogP contribution in [0.15, 0.2) is 33.9 Å². The van der Waals surface area contributed by atoms with E-state index in [1.54, 1.807) is 0 Å². The summed E-state index contributed by atoms with van der Waals surface area (Å²) in [4.78, 5) is 40.3. The molecule has 0 aliphatic carbocycles. The first-order valence-electron chi connectivity index (χ1n) is 8.86. The van der Waals surface area contributed by atoms with E-state index in [0.29, 0.717) is 6.42 Å². The Labute approximate surface area is 165 Å². The molecule has 1 aromatic heterocycles. The maximum absolute atomic E-state index is 13.8. The van der Waals surface area contributed by atoms with Crippen LogP contribution in [0.25, 0.3) is 6.08 Å². The molecule has 1 aromatic carbocycles. The number of H-pyrrole nitrogens is 1. The number of rotatable bonds is 8. The van der Waals surface area contributed by atoms with Gasteiger partial charge in [-0.25, -0.2) is 13.6 Å². The first-order valence-corrected chi connectivity index (χ1v) is 8.86. The van der Waals surface area contributed by atoms with Crippen molar-refractivity contribution in [2.75, 3.05) is 30.9 Å². The lowest BCUT2D eigenvalue weighted by atomic mass is 10.2. The molecule has 2 rings (SSSR count). The molecule has 0 saturated carbocycles. The van der Waals surface area contributed by atoms with Crippen LogP contribution in [-0.2, 0) is 16.1 Å². The van der Waals surface area contributed by atoms with E-state index in [2.05, 4.69) is 4.98 Å². The van der Waals surface area contributed by atoms with Crippen LogP contribution >= 0.6 is 0 Å². The molecule has 0 fully saturated rings. The molecule has 29 heavy (non-hydrogen) atoms. The fraction of sp³-hybridized carbons (Fsp3) is 0.316. The summed E-state index contributed by atoms with van der Waals surface area (Å²) in [5.41, 5.74) is 3.82. The minimum atomic E-state index is -0.852. The summed E-state index contributed by atoms with van der Waals surface area (Å²) in [6.07, 6.45) is 2.46. The number of aromatic amines is 1. The van der Waals surface area contributed by atoms with Gasteiger partial charge in [0.25, 0.3) is 11.5 Å². The number of benzene rings is 1. The van der Waals surface area contributed by atoms with Gasteiger partial charge in [-0.15, -0.1) is 0 Å². The van der Waals surface area contributed by atoms with Crippen molar-refractivity contribution in [1.29, 1.82) is 0 Å². The number of ether oxygens (including phenoxy) is 1. The van der Waals surface area contributed by atoms with Gasteiger partial charge in [-0.2, -0.15) is 0 Å². The second-order valence-electron chi connectivity index (χ2n) is 6.10. The lowest BCUT2D eigenvalue weighted by molar-refractivity contribution is -0.114. The van der Waals surface area contributed by atoms with E-state index < -0.39 is 34.4 Å². The second kappa shape index (κ2) is 9.78.